The van der Waals surface area contributed by atoms with Gasteiger partial charge < -0.3 is 9.13 Å². The van der Waals surface area contributed by atoms with Crippen LogP contribution in [0.4, 0.5) is 0 Å². The van der Waals surface area contributed by atoms with Crippen LogP contribution in [-0.4, -0.2) is 19.3 Å². The zero-order valence-corrected chi connectivity index (χ0v) is 18.3. The van der Waals surface area contributed by atoms with Crippen molar-refractivity contribution >= 4 is 32.7 Å². The molecule has 7 aromatic rings. The first-order valence-corrected chi connectivity index (χ1v) is 11.4. The molecule has 4 heteroatoms. The summed E-state index contributed by atoms with van der Waals surface area (Å²) in [6.45, 7) is 0. The molecule has 0 radical (unpaired) electrons. The minimum absolute atomic E-state index is 0.860. The normalized spacial score (nSPS) is 11.5. The highest BCUT2D eigenvalue weighted by molar-refractivity contribution is 6.20. The summed E-state index contributed by atoms with van der Waals surface area (Å²) >= 11 is 0. The molecule has 3 aromatic heterocycles. The topological polar surface area (TPSA) is 35.6 Å². The maximum atomic E-state index is 4.39. The number of para-hydroxylation sites is 2. The Morgan fingerprint density at radius 3 is 2.24 bits per heavy atom. The molecule has 0 aliphatic rings. The second-order valence-electron chi connectivity index (χ2n) is 8.44. The van der Waals surface area contributed by atoms with Crippen molar-refractivity contribution in [3.63, 3.8) is 0 Å². The molecule has 0 aliphatic carbocycles. The summed E-state index contributed by atoms with van der Waals surface area (Å²) in [6, 6.07) is 38.1. The number of hydrogen-bond acceptors (Lipinski definition) is 2. The lowest BCUT2D eigenvalue weighted by molar-refractivity contribution is 0.997. The molecule has 4 aromatic carbocycles. The fourth-order valence-corrected chi connectivity index (χ4v) is 4.99. The maximum absolute atomic E-state index is 4.39. The average Bonchev–Trinajstić information content (AvgIpc) is 3.49. The Bertz CT molecular complexity index is 1790. The van der Waals surface area contributed by atoms with Gasteiger partial charge in [0.25, 0.3) is 0 Å². The maximum Gasteiger partial charge on any atom is 0.0950 e. The van der Waals surface area contributed by atoms with Crippen LogP contribution >= 0.6 is 0 Å². The molecule has 0 saturated heterocycles. The monoisotopic (exact) mass is 436 g/mol. The molecule has 0 fully saturated rings. The van der Waals surface area contributed by atoms with Crippen molar-refractivity contribution in [1.82, 2.24) is 19.3 Å². The zero-order chi connectivity index (χ0) is 22.5. The van der Waals surface area contributed by atoms with Crippen molar-refractivity contribution in [2.45, 2.75) is 0 Å². The third-order valence-electron chi connectivity index (χ3n) is 6.49. The molecule has 0 bridgehead atoms. The van der Waals surface area contributed by atoms with Crippen LogP contribution in [0.2, 0.25) is 0 Å². The number of nitrogens with zero attached hydrogens (tertiary/aromatic N) is 4. The lowest BCUT2D eigenvalue weighted by atomic mass is 10.1. The van der Waals surface area contributed by atoms with Gasteiger partial charge in [0.2, 0.25) is 0 Å². The fraction of sp³-hybridized carbons (Fsp3) is 0. The van der Waals surface area contributed by atoms with Gasteiger partial charge in [-0.05, 0) is 36.4 Å². The summed E-state index contributed by atoms with van der Waals surface area (Å²) in [4.78, 5) is 0. The first kappa shape index (κ1) is 18.8. The lowest BCUT2D eigenvalue weighted by Gasteiger charge is -2.09. The molecule has 0 atom stereocenters. The third kappa shape index (κ3) is 2.79. The predicted molar refractivity (Wildman–Crippen MR) is 139 cm³/mol. The lowest BCUT2D eigenvalue weighted by Crippen LogP contribution is -1.97. The molecule has 0 N–H and O–H groups in total. The first-order chi connectivity index (χ1) is 16.9. The molecule has 4 nitrogen and oxygen atoms in total. The first-order valence-electron chi connectivity index (χ1n) is 11.4. The van der Waals surface area contributed by atoms with Crippen LogP contribution < -0.4 is 0 Å². The molecule has 7 rings (SSSR count). The van der Waals surface area contributed by atoms with E-state index in [1.807, 2.05) is 24.4 Å². The highest BCUT2D eigenvalue weighted by Gasteiger charge is 2.17. The summed E-state index contributed by atoms with van der Waals surface area (Å²) in [6.07, 6.45) is 3.96. The van der Waals surface area contributed by atoms with E-state index >= 15 is 0 Å². The summed E-state index contributed by atoms with van der Waals surface area (Å²) in [5.74, 6) is 0. The van der Waals surface area contributed by atoms with Gasteiger partial charge in [-0.3, -0.25) is 0 Å². The fourth-order valence-electron chi connectivity index (χ4n) is 4.99. The molecule has 0 aliphatic heterocycles. The van der Waals surface area contributed by atoms with Crippen molar-refractivity contribution < 1.29 is 0 Å². The van der Waals surface area contributed by atoms with Crippen LogP contribution in [0, 0.1) is 0 Å². The summed E-state index contributed by atoms with van der Waals surface area (Å²) < 4.78 is 4.59. The van der Waals surface area contributed by atoms with Gasteiger partial charge in [0.1, 0.15) is 0 Å². The van der Waals surface area contributed by atoms with Gasteiger partial charge >= 0.3 is 0 Å². The van der Waals surface area contributed by atoms with Crippen LogP contribution in [0.3, 0.4) is 0 Å². The van der Waals surface area contributed by atoms with Gasteiger partial charge in [-0.1, -0.05) is 72.8 Å². The highest BCUT2D eigenvalue weighted by atomic mass is 15.1. The van der Waals surface area contributed by atoms with Crippen molar-refractivity contribution in [3.05, 3.63) is 122 Å². The van der Waals surface area contributed by atoms with Crippen LogP contribution in [0.1, 0.15) is 0 Å². The number of fused-ring (bicyclic) bond motifs is 5. The van der Waals surface area contributed by atoms with Crippen molar-refractivity contribution in [2.24, 2.45) is 0 Å². The minimum atomic E-state index is 0.860. The Morgan fingerprint density at radius 1 is 0.618 bits per heavy atom. The average molecular weight is 437 g/mol. The Morgan fingerprint density at radius 2 is 1.38 bits per heavy atom. The van der Waals surface area contributed by atoms with Gasteiger partial charge in [0, 0.05) is 33.6 Å². The van der Waals surface area contributed by atoms with Crippen LogP contribution in [0.5, 0.6) is 0 Å². The molecule has 34 heavy (non-hydrogen) atoms. The molecule has 0 saturated carbocycles. The Labute approximate surface area is 196 Å². The van der Waals surface area contributed by atoms with Crippen molar-refractivity contribution in [3.8, 4) is 22.6 Å². The molecule has 0 amide bonds. The predicted octanol–water partition coefficient (Wildman–Crippen LogP) is 7.18. The Hall–Kier alpha value is -4.70. The van der Waals surface area contributed by atoms with Crippen molar-refractivity contribution in [1.29, 1.82) is 0 Å². The molecular formula is C30H20N4. The Balaban J connectivity index is 1.55. The largest absolute Gasteiger partial charge is 0.314 e. The molecule has 0 spiro atoms. The van der Waals surface area contributed by atoms with Gasteiger partial charge in [-0.25, -0.2) is 0 Å². The van der Waals surface area contributed by atoms with Gasteiger partial charge in [0.05, 0.1) is 34.1 Å². The van der Waals surface area contributed by atoms with Crippen LogP contribution in [0.25, 0.3) is 55.3 Å². The second-order valence-corrected chi connectivity index (χ2v) is 8.44. The van der Waals surface area contributed by atoms with E-state index < -0.39 is 0 Å². The van der Waals surface area contributed by atoms with Gasteiger partial charge in [0.15, 0.2) is 0 Å². The standard InChI is InChI=1S/C30H20N4/c1-3-9-21(10-4-1)26-19-24(20-31-32-26)33-18-17-22-15-16-28-29(30(22)33)25-13-7-8-14-27(25)34(28)23-11-5-2-6-12-23/h1-20H. The Kier molecular flexibility index (Phi) is 4.11. The number of rotatable bonds is 3. The molecule has 160 valence electrons. The van der Waals surface area contributed by atoms with Gasteiger partial charge in [-0.15, -0.1) is 0 Å². The van der Waals surface area contributed by atoms with E-state index in [9.17, 15) is 0 Å². The summed E-state index contributed by atoms with van der Waals surface area (Å²) in [7, 11) is 0. The number of aromatic nitrogens is 4. The van der Waals surface area contributed by atoms with Crippen molar-refractivity contribution in [2.75, 3.05) is 0 Å². The minimum Gasteiger partial charge on any atom is -0.314 e. The van der Waals surface area contributed by atoms with Crippen LogP contribution in [-0.2, 0) is 0 Å². The molecule has 3 heterocycles. The smallest absolute Gasteiger partial charge is 0.0950 e. The highest BCUT2D eigenvalue weighted by Crippen LogP contribution is 2.38. The van der Waals surface area contributed by atoms with E-state index in [2.05, 4.69) is 117 Å². The van der Waals surface area contributed by atoms with E-state index in [0.29, 0.717) is 0 Å². The van der Waals surface area contributed by atoms with E-state index in [-0.39, 0.29) is 0 Å². The second kappa shape index (κ2) is 7.42. The van der Waals surface area contributed by atoms with E-state index in [4.69, 9.17) is 0 Å². The third-order valence-corrected chi connectivity index (χ3v) is 6.49. The van der Waals surface area contributed by atoms with E-state index in [1.165, 1.54) is 32.7 Å². The SMILES string of the molecule is c1ccc(-c2cc(-n3ccc4ccc5c(c6ccccc6n5-c5ccccc5)c43)cnn2)cc1. The van der Waals surface area contributed by atoms with Crippen LogP contribution in [0.15, 0.2) is 122 Å². The quantitative estimate of drug-likeness (QED) is 0.294. The van der Waals surface area contributed by atoms with Gasteiger partial charge in [-0.2, -0.15) is 10.2 Å². The zero-order valence-electron chi connectivity index (χ0n) is 18.3. The molecular weight excluding hydrogens is 416 g/mol. The van der Waals surface area contributed by atoms with E-state index in [0.717, 1.165) is 22.6 Å². The summed E-state index contributed by atoms with van der Waals surface area (Å²) in [5.41, 5.74) is 7.62. The number of benzene rings is 4. The van der Waals surface area contributed by atoms with E-state index in [1.54, 1.807) is 0 Å². The number of hydrogen-bond donors (Lipinski definition) is 0. The summed E-state index contributed by atoms with van der Waals surface area (Å²) in [5, 5.41) is 12.4. The molecule has 0 unspecified atom stereocenters.